The van der Waals surface area contributed by atoms with E-state index in [0.29, 0.717) is 0 Å². The minimum Gasteiger partial charge on any atom is -0.454 e. The van der Waals surface area contributed by atoms with Crippen LogP contribution in [0.5, 0.6) is 11.5 Å². The fourth-order valence-electron chi connectivity index (χ4n) is 2.67. The number of ether oxygens (including phenoxy) is 2. The molecule has 2 aliphatic rings. The molecular weight excluding hydrogens is 290 g/mol. The lowest BCUT2D eigenvalue weighted by Crippen LogP contribution is -2.34. The van der Waals surface area contributed by atoms with Gasteiger partial charge < -0.3 is 14.4 Å². The second kappa shape index (κ2) is 7.68. The van der Waals surface area contributed by atoms with Crippen LogP contribution in [0, 0.1) is 0 Å². The lowest BCUT2D eigenvalue weighted by atomic mass is 10.1. The van der Waals surface area contributed by atoms with Crippen molar-refractivity contribution in [1.29, 1.82) is 0 Å². The van der Waals surface area contributed by atoms with E-state index in [9.17, 15) is 4.79 Å². The van der Waals surface area contributed by atoms with Crippen molar-refractivity contribution in [3.05, 3.63) is 54.1 Å². The van der Waals surface area contributed by atoms with Gasteiger partial charge in [-0.25, -0.2) is 0 Å². The molecule has 0 saturated carbocycles. The fourth-order valence-corrected chi connectivity index (χ4v) is 2.67. The van der Waals surface area contributed by atoms with Crippen molar-refractivity contribution in [2.24, 2.45) is 0 Å². The molecule has 0 atom stereocenters. The van der Waals surface area contributed by atoms with Gasteiger partial charge in [0.1, 0.15) is 0 Å². The van der Waals surface area contributed by atoms with E-state index in [1.807, 2.05) is 47.4 Å². The van der Waals surface area contributed by atoms with Crippen molar-refractivity contribution in [1.82, 2.24) is 4.90 Å². The van der Waals surface area contributed by atoms with Gasteiger partial charge in [0, 0.05) is 19.2 Å². The van der Waals surface area contributed by atoms with E-state index in [2.05, 4.69) is 0 Å². The number of fused-ring (bicyclic) bond motifs is 1. The molecule has 3 rings (SSSR count). The average Bonchev–Trinajstić information content (AvgIpc) is 3.06. The Bertz CT molecular complexity index is 640. The van der Waals surface area contributed by atoms with Crippen molar-refractivity contribution in [3.63, 3.8) is 0 Å². The molecular formula is C19H21NO3. The molecule has 1 aromatic rings. The standard InChI is InChI=1S/C19H21NO3/c21-19(20-12-6-3-7-13-20)9-5-2-1-4-8-16-10-11-17-18(14-16)23-15-22-17/h1-2,4-5,8-11,14H,3,6-7,12-13,15H2/b2-1-,8-4+,9-5-. The zero-order valence-electron chi connectivity index (χ0n) is 13.1. The van der Waals surface area contributed by atoms with E-state index in [1.165, 1.54) is 6.42 Å². The first-order valence-electron chi connectivity index (χ1n) is 8.03. The highest BCUT2D eigenvalue weighted by Gasteiger charge is 2.13. The van der Waals surface area contributed by atoms with E-state index in [-0.39, 0.29) is 12.7 Å². The Balaban J connectivity index is 1.48. The highest BCUT2D eigenvalue weighted by Crippen LogP contribution is 2.32. The molecule has 1 amide bonds. The highest BCUT2D eigenvalue weighted by atomic mass is 16.7. The molecule has 120 valence electrons. The van der Waals surface area contributed by atoms with Crippen LogP contribution < -0.4 is 9.47 Å². The van der Waals surface area contributed by atoms with Gasteiger partial charge >= 0.3 is 0 Å². The Labute approximate surface area is 136 Å². The molecule has 0 spiro atoms. The fraction of sp³-hybridized carbons (Fsp3) is 0.316. The summed E-state index contributed by atoms with van der Waals surface area (Å²) in [6.45, 7) is 2.06. The number of allylic oxidation sites excluding steroid dienone is 4. The van der Waals surface area contributed by atoms with Gasteiger partial charge in [-0.15, -0.1) is 0 Å². The summed E-state index contributed by atoms with van der Waals surface area (Å²) in [4.78, 5) is 13.8. The number of nitrogens with zero attached hydrogens (tertiary/aromatic N) is 1. The van der Waals surface area contributed by atoms with Gasteiger partial charge in [-0.2, -0.15) is 0 Å². The Kier molecular flexibility index (Phi) is 5.14. The SMILES string of the molecule is O=C(\C=C/C=C\C=C\c1ccc2c(c1)OCO2)N1CCCCC1. The van der Waals surface area contributed by atoms with Crippen molar-refractivity contribution >= 4 is 12.0 Å². The largest absolute Gasteiger partial charge is 0.454 e. The summed E-state index contributed by atoms with van der Waals surface area (Å²) in [6, 6.07) is 5.83. The predicted molar refractivity (Wildman–Crippen MR) is 90.3 cm³/mol. The first-order valence-corrected chi connectivity index (χ1v) is 8.03. The second-order valence-electron chi connectivity index (χ2n) is 5.60. The third-order valence-electron chi connectivity index (χ3n) is 3.93. The monoisotopic (exact) mass is 311 g/mol. The van der Waals surface area contributed by atoms with Gasteiger partial charge in [-0.05, 0) is 37.0 Å². The summed E-state index contributed by atoms with van der Waals surface area (Å²) in [5.74, 6) is 1.68. The van der Waals surface area contributed by atoms with Gasteiger partial charge in [0.2, 0.25) is 12.7 Å². The number of rotatable bonds is 4. The molecule has 0 bridgehead atoms. The average molecular weight is 311 g/mol. The number of carbonyl (C=O) groups excluding carboxylic acids is 1. The summed E-state index contributed by atoms with van der Waals surface area (Å²) in [5, 5.41) is 0. The number of benzene rings is 1. The highest BCUT2D eigenvalue weighted by molar-refractivity contribution is 5.87. The smallest absolute Gasteiger partial charge is 0.246 e. The number of piperidine rings is 1. The normalized spacial score (nSPS) is 17.7. The summed E-state index contributed by atoms with van der Waals surface area (Å²) in [5.41, 5.74) is 1.05. The maximum absolute atomic E-state index is 11.9. The van der Waals surface area contributed by atoms with Gasteiger partial charge in [-0.3, -0.25) is 4.79 Å². The van der Waals surface area contributed by atoms with Gasteiger partial charge in [0.05, 0.1) is 0 Å². The molecule has 1 fully saturated rings. The number of amides is 1. The Morgan fingerprint density at radius 3 is 2.61 bits per heavy atom. The maximum Gasteiger partial charge on any atom is 0.246 e. The van der Waals surface area contributed by atoms with Crippen LogP contribution in [0.15, 0.2) is 48.6 Å². The number of carbonyl (C=O) groups is 1. The topological polar surface area (TPSA) is 38.8 Å². The first kappa shape index (κ1) is 15.4. The van der Waals surface area contributed by atoms with Crippen LogP contribution in [-0.4, -0.2) is 30.7 Å². The third kappa shape index (κ3) is 4.25. The Morgan fingerprint density at radius 2 is 1.74 bits per heavy atom. The third-order valence-corrected chi connectivity index (χ3v) is 3.93. The molecule has 1 saturated heterocycles. The lowest BCUT2D eigenvalue weighted by Gasteiger charge is -2.25. The molecule has 4 heteroatoms. The Morgan fingerprint density at radius 1 is 0.957 bits per heavy atom. The quantitative estimate of drug-likeness (QED) is 0.630. The molecule has 0 aliphatic carbocycles. The molecule has 4 nitrogen and oxygen atoms in total. The molecule has 2 aliphatic heterocycles. The number of hydrogen-bond acceptors (Lipinski definition) is 3. The van der Waals surface area contributed by atoms with E-state index in [4.69, 9.17) is 9.47 Å². The molecule has 23 heavy (non-hydrogen) atoms. The zero-order chi connectivity index (χ0) is 15.9. The van der Waals surface area contributed by atoms with Crippen LogP contribution in [0.2, 0.25) is 0 Å². The predicted octanol–water partition coefficient (Wildman–Crippen LogP) is 3.55. The second-order valence-corrected chi connectivity index (χ2v) is 5.60. The molecule has 0 N–H and O–H groups in total. The minimum absolute atomic E-state index is 0.106. The van der Waals surface area contributed by atoms with Crippen LogP contribution in [0.4, 0.5) is 0 Å². The van der Waals surface area contributed by atoms with Crippen LogP contribution in [0.1, 0.15) is 24.8 Å². The number of hydrogen-bond donors (Lipinski definition) is 0. The summed E-state index contributed by atoms with van der Waals surface area (Å²) in [6.07, 6.45) is 14.6. The van der Waals surface area contributed by atoms with Crippen LogP contribution >= 0.6 is 0 Å². The van der Waals surface area contributed by atoms with E-state index in [0.717, 1.165) is 43.0 Å². The van der Waals surface area contributed by atoms with Crippen molar-refractivity contribution in [2.45, 2.75) is 19.3 Å². The minimum atomic E-state index is 0.106. The van der Waals surface area contributed by atoms with E-state index in [1.54, 1.807) is 12.2 Å². The van der Waals surface area contributed by atoms with Crippen LogP contribution in [-0.2, 0) is 4.79 Å². The van der Waals surface area contributed by atoms with E-state index >= 15 is 0 Å². The van der Waals surface area contributed by atoms with Crippen molar-refractivity contribution < 1.29 is 14.3 Å². The van der Waals surface area contributed by atoms with Gasteiger partial charge in [0.15, 0.2) is 11.5 Å². The number of likely N-dealkylation sites (tertiary alicyclic amines) is 1. The molecule has 0 radical (unpaired) electrons. The molecule has 0 aromatic heterocycles. The maximum atomic E-state index is 11.9. The summed E-state index contributed by atoms with van der Waals surface area (Å²) < 4.78 is 10.6. The van der Waals surface area contributed by atoms with Crippen LogP contribution in [0.25, 0.3) is 6.08 Å². The summed E-state index contributed by atoms with van der Waals surface area (Å²) >= 11 is 0. The van der Waals surface area contributed by atoms with Gasteiger partial charge in [0.25, 0.3) is 0 Å². The molecule has 2 heterocycles. The molecule has 0 unspecified atom stereocenters. The van der Waals surface area contributed by atoms with Gasteiger partial charge in [-0.1, -0.05) is 36.4 Å². The van der Waals surface area contributed by atoms with E-state index < -0.39 is 0 Å². The lowest BCUT2D eigenvalue weighted by molar-refractivity contribution is -0.126. The Hall–Kier alpha value is -2.49. The van der Waals surface area contributed by atoms with Crippen molar-refractivity contribution in [3.8, 4) is 11.5 Å². The van der Waals surface area contributed by atoms with Crippen LogP contribution in [0.3, 0.4) is 0 Å². The van der Waals surface area contributed by atoms with Crippen molar-refractivity contribution in [2.75, 3.05) is 19.9 Å². The summed E-state index contributed by atoms with van der Waals surface area (Å²) in [7, 11) is 0. The zero-order valence-corrected chi connectivity index (χ0v) is 13.1. The first-order chi connectivity index (χ1) is 11.3. The molecule has 1 aromatic carbocycles.